The smallest absolute Gasteiger partial charge is 0.225 e. The highest BCUT2D eigenvalue weighted by Crippen LogP contribution is 2.30. The molecule has 4 N–H and O–H groups in total. The van der Waals surface area contributed by atoms with Gasteiger partial charge in [0, 0.05) is 42.5 Å². The van der Waals surface area contributed by atoms with Gasteiger partial charge in [-0.3, -0.25) is 4.79 Å². The van der Waals surface area contributed by atoms with Crippen LogP contribution < -0.4 is 16.4 Å². The largest absolute Gasteiger partial charge is 0.330 e. The average molecular weight is 380 g/mol. The Morgan fingerprint density at radius 3 is 2.95 bits per heavy atom. The Morgan fingerprint density at radius 1 is 1.36 bits per heavy atom. The van der Waals surface area contributed by atoms with Crippen molar-refractivity contribution in [2.75, 3.05) is 11.9 Å². The monoisotopic (exact) mass is 379 g/mol. The van der Waals surface area contributed by atoms with Crippen molar-refractivity contribution >= 4 is 38.9 Å². The van der Waals surface area contributed by atoms with E-state index in [1.54, 1.807) is 11.3 Å². The van der Waals surface area contributed by atoms with E-state index >= 15 is 0 Å². The molecule has 1 aromatic heterocycles. The van der Waals surface area contributed by atoms with Crippen molar-refractivity contribution in [2.24, 2.45) is 5.73 Å². The van der Waals surface area contributed by atoms with Gasteiger partial charge in [0.1, 0.15) is 0 Å². The Bertz CT molecular complexity index is 686. The SMILES string of the molecule is NCC(CC(=O)Nc1cccc2c1CNC2)c1ccc(Br)s1. The van der Waals surface area contributed by atoms with Crippen molar-refractivity contribution in [3.63, 3.8) is 0 Å². The molecule has 3 rings (SSSR count). The third-order valence-corrected chi connectivity index (χ3v) is 5.66. The molecule has 4 nitrogen and oxygen atoms in total. The van der Waals surface area contributed by atoms with Crippen LogP contribution in [0.1, 0.15) is 28.3 Å². The molecule has 22 heavy (non-hydrogen) atoms. The van der Waals surface area contributed by atoms with Crippen LogP contribution in [0.3, 0.4) is 0 Å². The lowest BCUT2D eigenvalue weighted by Crippen LogP contribution is -2.21. The van der Waals surface area contributed by atoms with Gasteiger partial charge in [0.25, 0.3) is 0 Å². The summed E-state index contributed by atoms with van der Waals surface area (Å²) in [6, 6.07) is 10.1. The van der Waals surface area contributed by atoms with Gasteiger partial charge in [-0.2, -0.15) is 0 Å². The number of anilines is 1. The molecule has 0 saturated carbocycles. The first-order valence-electron chi connectivity index (χ1n) is 7.24. The molecule has 2 heterocycles. The summed E-state index contributed by atoms with van der Waals surface area (Å²) in [5.41, 5.74) is 9.21. The molecule has 1 atom stereocenters. The second-order valence-corrected chi connectivity index (χ2v) is 7.87. The molecule has 0 aliphatic carbocycles. The molecule has 0 fully saturated rings. The topological polar surface area (TPSA) is 67.2 Å². The zero-order valence-corrected chi connectivity index (χ0v) is 14.5. The first kappa shape index (κ1) is 15.7. The van der Waals surface area contributed by atoms with Crippen molar-refractivity contribution in [1.82, 2.24) is 5.32 Å². The number of thiophene rings is 1. The van der Waals surface area contributed by atoms with Crippen LogP contribution in [0.2, 0.25) is 0 Å². The maximum Gasteiger partial charge on any atom is 0.225 e. The molecular weight excluding hydrogens is 362 g/mol. The van der Waals surface area contributed by atoms with Gasteiger partial charge in [-0.1, -0.05) is 12.1 Å². The standard InChI is InChI=1S/C16H18BrN3OS/c17-15-5-4-14(22-15)11(7-18)6-16(21)20-13-3-1-2-10-8-19-9-12(10)13/h1-5,11,19H,6-9,18H2,(H,20,21). The fraction of sp³-hybridized carbons (Fsp3) is 0.312. The van der Waals surface area contributed by atoms with Crippen LogP contribution in [-0.4, -0.2) is 12.5 Å². The van der Waals surface area contributed by atoms with Gasteiger partial charge in [0.2, 0.25) is 5.91 Å². The summed E-state index contributed by atoms with van der Waals surface area (Å²) in [5.74, 6) is 0.0754. The molecule has 1 amide bonds. The van der Waals surface area contributed by atoms with Crippen LogP contribution in [-0.2, 0) is 17.9 Å². The van der Waals surface area contributed by atoms with Gasteiger partial charge in [-0.15, -0.1) is 11.3 Å². The minimum Gasteiger partial charge on any atom is -0.330 e. The molecule has 1 aliphatic heterocycles. The van der Waals surface area contributed by atoms with E-state index in [2.05, 4.69) is 32.6 Å². The van der Waals surface area contributed by atoms with Crippen LogP contribution in [0.5, 0.6) is 0 Å². The van der Waals surface area contributed by atoms with Crippen molar-refractivity contribution in [1.29, 1.82) is 0 Å². The first-order chi connectivity index (χ1) is 10.7. The van der Waals surface area contributed by atoms with E-state index in [1.807, 2.05) is 24.3 Å². The minimum absolute atomic E-state index is 0.0141. The van der Waals surface area contributed by atoms with Crippen molar-refractivity contribution in [3.8, 4) is 0 Å². The number of hydrogen-bond acceptors (Lipinski definition) is 4. The number of benzene rings is 1. The predicted molar refractivity (Wildman–Crippen MR) is 94.0 cm³/mol. The van der Waals surface area contributed by atoms with Crippen LogP contribution in [0, 0.1) is 0 Å². The fourth-order valence-electron chi connectivity index (χ4n) is 2.72. The average Bonchev–Trinajstić information content (AvgIpc) is 3.14. The van der Waals surface area contributed by atoms with Gasteiger partial charge >= 0.3 is 0 Å². The Hall–Kier alpha value is -1.21. The molecule has 2 aromatic rings. The van der Waals surface area contributed by atoms with Crippen molar-refractivity contribution in [3.05, 3.63) is 50.1 Å². The number of nitrogens with one attached hydrogen (secondary N) is 2. The highest BCUT2D eigenvalue weighted by atomic mass is 79.9. The summed E-state index contributed by atoms with van der Waals surface area (Å²) in [6.07, 6.45) is 0.403. The van der Waals surface area contributed by atoms with Crippen LogP contribution in [0.15, 0.2) is 34.1 Å². The quantitative estimate of drug-likeness (QED) is 0.747. The summed E-state index contributed by atoms with van der Waals surface area (Å²) in [6.45, 7) is 2.15. The number of halogens is 1. The highest BCUT2D eigenvalue weighted by molar-refractivity contribution is 9.11. The third-order valence-electron chi connectivity index (χ3n) is 3.88. The number of carbonyl (C=O) groups is 1. The maximum atomic E-state index is 12.4. The summed E-state index contributed by atoms with van der Waals surface area (Å²) >= 11 is 5.09. The second kappa shape index (κ2) is 6.91. The Kier molecular flexibility index (Phi) is 4.93. The van der Waals surface area contributed by atoms with Gasteiger partial charge < -0.3 is 16.4 Å². The molecule has 6 heteroatoms. The first-order valence-corrected chi connectivity index (χ1v) is 8.85. The van der Waals surface area contributed by atoms with E-state index in [-0.39, 0.29) is 11.8 Å². The summed E-state index contributed by atoms with van der Waals surface area (Å²) in [5, 5.41) is 6.35. The van der Waals surface area contributed by atoms with Crippen molar-refractivity contribution < 1.29 is 4.79 Å². The number of amides is 1. The number of fused-ring (bicyclic) bond motifs is 1. The van der Waals surface area contributed by atoms with E-state index < -0.39 is 0 Å². The maximum absolute atomic E-state index is 12.4. The molecule has 1 unspecified atom stereocenters. The van der Waals surface area contributed by atoms with E-state index in [9.17, 15) is 4.79 Å². The number of rotatable bonds is 5. The van der Waals surface area contributed by atoms with Crippen LogP contribution >= 0.6 is 27.3 Å². The fourth-order valence-corrected chi connectivity index (χ4v) is 4.26. The molecule has 1 aliphatic rings. The molecule has 116 valence electrons. The Labute approximate surface area is 142 Å². The number of hydrogen-bond donors (Lipinski definition) is 3. The Morgan fingerprint density at radius 2 is 2.23 bits per heavy atom. The van der Waals surface area contributed by atoms with Crippen molar-refractivity contribution in [2.45, 2.75) is 25.4 Å². The van der Waals surface area contributed by atoms with E-state index in [0.717, 1.165) is 27.4 Å². The van der Waals surface area contributed by atoms with Gasteiger partial charge in [0.05, 0.1) is 3.79 Å². The van der Waals surface area contributed by atoms with Gasteiger partial charge in [-0.05, 0) is 45.3 Å². The van der Waals surface area contributed by atoms with Gasteiger partial charge in [-0.25, -0.2) is 0 Å². The normalized spacial score (nSPS) is 14.6. The highest BCUT2D eigenvalue weighted by Gasteiger charge is 2.19. The predicted octanol–water partition coefficient (Wildman–Crippen LogP) is 3.18. The van der Waals surface area contributed by atoms with Crippen LogP contribution in [0.4, 0.5) is 5.69 Å². The van der Waals surface area contributed by atoms with Crippen LogP contribution in [0.25, 0.3) is 0 Å². The summed E-state index contributed by atoms with van der Waals surface area (Å²) in [4.78, 5) is 13.5. The third kappa shape index (κ3) is 3.41. The zero-order valence-electron chi connectivity index (χ0n) is 12.1. The van der Waals surface area contributed by atoms with E-state index in [0.29, 0.717) is 13.0 Å². The number of nitrogens with two attached hydrogens (primary N) is 1. The van der Waals surface area contributed by atoms with Gasteiger partial charge in [0.15, 0.2) is 0 Å². The molecule has 0 spiro atoms. The summed E-state index contributed by atoms with van der Waals surface area (Å²) in [7, 11) is 0. The molecule has 0 radical (unpaired) electrons. The Balaban J connectivity index is 1.68. The lowest BCUT2D eigenvalue weighted by Gasteiger charge is -2.14. The molecule has 1 aromatic carbocycles. The summed E-state index contributed by atoms with van der Waals surface area (Å²) < 4.78 is 1.06. The lowest BCUT2D eigenvalue weighted by molar-refractivity contribution is -0.116. The molecule has 0 saturated heterocycles. The molecule has 0 bridgehead atoms. The zero-order chi connectivity index (χ0) is 15.5. The van der Waals surface area contributed by atoms with E-state index in [1.165, 1.54) is 11.1 Å². The second-order valence-electron chi connectivity index (χ2n) is 5.37. The number of carbonyl (C=O) groups excluding carboxylic acids is 1. The molecular formula is C16H18BrN3OS. The minimum atomic E-state index is 0.0141. The van der Waals surface area contributed by atoms with E-state index in [4.69, 9.17) is 5.73 Å². The lowest BCUT2D eigenvalue weighted by atomic mass is 10.0.